The van der Waals surface area contributed by atoms with Crippen LogP contribution in [0.25, 0.3) is 11.1 Å². The first-order valence-corrected chi connectivity index (χ1v) is 11.2. The zero-order chi connectivity index (χ0) is 28.1. The van der Waals surface area contributed by atoms with Crippen LogP contribution >= 0.6 is 0 Å². The number of hydrogen-bond acceptors (Lipinski definition) is 10. The predicted molar refractivity (Wildman–Crippen MR) is 95.6 cm³/mol. The van der Waals surface area contributed by atoms with Crippen LogP contribution in [0.1, 0.15) is 0 Å². The first kappa shape index (κ1) is 38.2. The third-order valence-corrected chi connectivity index (χ3v) is 5.64. The summed E-state index contributed by atoms with van der Waals surface area (Å²) >= 11 is 0. The molecule has 0 saturated heterocycles. The molecule has 2 aromatic rings. The van der Waals surface area contributed by atoms with Gasteiger partial charge in [0.15, 0.2) is 20.2 Å². The van der Waals surface area contributed by atoms with E-state index in [4.69, 9.17) is 0 Å². The SMILES string of the molecule is O=S(=O)([O-])C(F)(F)C(F)(F)Oc1cc(OC(F)(F)C(F)(F)S(=O)(=O)[O-])cc(-c2cc(O)cc(O)c2)c1.[K+].[K+]. The zero-order valence-electron chi connectivity index (χ0n) is 18.5. The second-order valence-electron chi connectivity index (χ2n) is 6.61. The zero-order valence-corrected chi connectivity index (χ0v) is 26.3. The van der Waals surface area contributed by atoms with E-state index in [1.165, 1.54) is 0 Å². The molecule has 0 aliphatic carbocycles. The van der Waals surface area contributed by atoms with Gasteiger partial charge < -0.3 is 28.8 Å². The third-order valence-electron chi connectivity index (χ3n) is 3.91. The van der Waals surface area contributed by atoms with E-state index < -0.39 is 77.1 Å². The fourth-order valence-corrected chi connectivity index (χ4v) is 2.99. The third kappa shape index (κ3) is 8.13. The van der Waals surface area contributed by atoms with E-state index in [0.29, 0.717) is 18.2 Å². The van der Waals surface area contributed by atoms with Crippen LogP contribution in [0.5, 0.6) is 23.0 Å². The first-order valence-electron chi connectivity index (χ1n) is 8.40. The molecule has 2 N–H and O–H groups in total. The van der Waals surface area contributed by atoms with E-state index in [9.17, 15) is 71.3 Å². The van der Waals surface area contributed by atoms with E-state index in [1.54, 1.807) is 0 Å². The van der Waals surface area contributed by atoms with Crippen LogP contribution in [-0.2, 0) is 20.2 Å². The molecule has 0 atom stereocenters. The maximum atomic E-state index is 13.8. The quantitative estimate of drug-likeness (QED) is 0.161. The summed E-state index contributed by atoms with van der Waals surface area (Å²) in [5.41, 5.74) is -1.36. The van der Waals surface area contributed by atoms with Crippen molar-refractivity contribution in [3.05, 3.63) is 36.4 Å². The Balaban J connectivity index is 0.00000684. The number of ether oxygens (including phenoxy) is 2. The van der Waals surface area contributed by atoms with Crippen molar-refractivity contribution in [3.8, 4) is 34.1 Å². The number of rotatable bonds is 9. The van der Waals surface area contributed by atoms with Crippen molar-refractivity contribution in [2.75, 3.05) is 0 Å². The number of halogens is 8. The Hall–Kier alpha value is 0.173. The normalized spacial score (nSPS) is 13.2. The van der Waals surface area contributed by atoms with Gasteiger partial charge in [-0.3, -0.25) is 0 Å². The Kier molecular flexibility index (Phi) is 12.6. The molecule has 22 heteroatoms. The number of hydrogen-bond donors (Lipinski definition) is 2. The molecular formula is C16H8F8K2O10S2. The average Bonchev–Trinajstić information content (AvgIpc) is 2.64. The number of phenolic OH excluding ortho intramolecular Hbond substituents is 2. The van der Waals surface area contributed by atoms with Gasteiger partial charge in [-0.1, -0.05) is 0 Å². The van der Waals surface area contributed by atoms with Crippen molar-refractivity contribution in [1.82, 2.24) is 0 Å². The summed E-state index contributed by atoms with van der Waals surface area (Å²) in [6, 6.07) is 2.21. The van der Waals surface area contributed by atoms with Crippen LogP contribution in [0.2, 0.25) is 0 Å². The van der Waals surface area contributed by atoms with Crippen LogP contribution in [0.15, 0.2) is 36.4 Å². The summed E-state index contributed by atoms with van der Waals surface area (Å²) in [6.07, 6.45) is -12.4. The first-order chi connectivity index (χ1) is 15.9. The standard InChI is InChI=1S/C16H10F8O10S2.2K/c17-13(18,15(21,22)35(27,28)29)33-11-3-8(7-1-9(25)5-10(26)2-7)4-12(6-11)34-14(19,20)16(23,24)36(30,31)32;;/h1-6,25-26H,(H,27,28,29)(H,30,31,32);;/q;2*+1/p-2. The van der Waals surface area contributed by atoms with Crippen molar-refractivity contribution in [2.24, 2.45) is 0 Å². The summed E-state index contributed by atoms with van der Waals surface area (Å²) in [5, 5.41) is 6.06. The molecule has 0 spiro atoms. The van der Waals surface area contributed by atoms with Crippen LogP contribution < -0.4 is 112 Å². The molecule has 0 fully saturated rings. The van der Waals surface area contributed by atoms with Gasteiger partial charge in [0.05, 0.1) is 0 Å². The number of aromatic hydroxyl groups is 2. The average molecular weight is 655 g/mol. The maximum absolute atomic E-state index is 13.8. The van der Waals surface area contributed by atoms with Gasteiger partial charge in [-0.2, -0.15) is 35.1 Å². The molecule has 2 rings (SSSR count). The summed E-state index contributed by atoms with van der Waals surface area (Å²) in [6.45, 7) is 0. The van der Waals surface area contributed by atoms with Crippen LogP contribution in [-0.4, -0.2) is 58.9 Å². The smallest absolute Gasteiger partial charge is 0.743 e. The summed E-state index contributed by atoms with van der Waals surface area (Å²) in [4.78, 5) is 0. The summed E-state index contributed by atoms with van der Waals surface area (Å²) < 4.78 is 179. The molecule has 0 saturated carbocycles. The molecule has 2 aromatic carbocycles. The number of alkyl halides is 8. The van der Waals surface area contributed by atoms with Crippen molar-refractivity contribution in [2.45, 2.75) is 22.7 Å². The minimum atomic E-state index is -7.10. The van der Waals surface area contributed by atoms with Crippen molar-refractivity contribution in [1.29, 1.82) is 0 Å². The van der Waals surface area contributed by atoms with Crippen molar-refractivity contribution in [3.63, 3.8) is 0 Å². The van der Waals surface area contributed by atoms with Gasteiger partial charge in [-0.15, -0.1) is 0 Å². The fraction of sp³-hybridized carbons (Fsp3) is 0.250. The molecular weight excluding hydrogens is 646 g/mol. The monoisotopic (exact) mass is 654 g/mol. The van der Waals surface area contributed by atoms with Gasteiger partial charge in [-0.25, -0.2) is 16.8 Å². The molecule has 0 radical (unpaired) electrons. The Labute approximate surface area is 292 Å². The molecule has 202 valence electrons. The molecule has 0 aliphatic heterocycles. The molecule has 0 unspecified atom stereocenters. The molecule has 0 heterocycles. The van der Waals surface area contributed by atoms with Gasteiger partial charge in [0.2, 0.25) is 0 Å². The van der Waals surface area contributed by atoms with Crippen molar-refractivity contribution >= 4 is 20.2 Å². The van der Waals surface area contributed by atoms with E-state index in [2.05, 4.69) is 9.47 Å². The summed E-state index contributed by atoms with van der Waals surface area (Å²) in [5.74, 6) is -5.07. The maximum Gasteiger partial charge on any atom is 1.00 e. The van der Waals surface area contributed by atoms with Gasteiger partial charge in [-0.05, 0) is 35.4 Å². The molecule has 0 aromatic heterocycles. The topological polar surface area (TPSA) is 173 Å². The largest absolute Gasteiger partial charge is 1.00 e. The van der Waals surface area contributed by atoms with E-state index >= 15 is 0 Å². The molecule has 10 nitrogen and oxygen atoms in total. The second kappa shape index (κ2) is 12.6. The van der Waals surface area contributed by atoms with Crippen LogP contribution in [0.3, 0.4) is 0 Å². The van der Waals surface area contributed by atoms with Crippen molar-refractivity contribution < 1.29 is 184 Å². The Morgan fingerprint density at radius 2 is 0.868 bits per heavy atom. The Morgan fingerprint density at radius 3 is 1.16 bits per heavy atom. The minimum Gasteiger partial charge on any atom is -0.743 e. The van der Waals surface area contributed by atoms with Crippen LogP contribution in [0, 0.1) is 0 Å². The predicted octanol–water partition coefficient (Wildman–Crippen LogP) is -3.01. The number of benzene rings is 2. The molecule has 0 aliphatic rings. The summed E-state index contributed by atoms with van der Waals surface area (Å²) in [7, 11) is -14.2. The number of phenols is 2. The second-order valence-corrected chi connectivity index (χ2v) is 9.45. The van der Waals surface area contributed by atoms with Gasteiger partial charge in [0.1, 0.15) is 23.0 Å². The Bertz CT molecular complexity index is 1290. The van der Waals surface area contributed by atoms with Gasteiger partial charge >= 0.3 is 125 Å². The molecule has 38 heavy (non-hydrogen) atoms. The molecule has 0 bridgehead atoms. The van der Waals surface area contributed by atoms with Gasteiger partial charge in [0, 0.05) is 12.1 Å². The fourth-order valence-electron chi connectivity index (χ4n) is 2.32. The van der Waals surface area contributed by atoms with E-state index in [-0.39, 0.29) is 121 Å². The van der Waals surface area contributed by atoms with E-state index in [0.717, 1.165) is 0 Å². The van der Waals surface area contributed by atoms with Gasteiger partial charge in [0.25, 0.3) is 0 Å². The minimum absolute atomic E-state index is 0. The Morgan fingerprint density at radius 1 is 0.579 bits per heavy atom. The molecule has 0 amide bonds. The van der Waals surface area contributed by atoms with E-state index in [1.807, 2.05) is 0 Å². The van der Waals surface area contributed by atoms with Crippen LogP contribution in [0.4, 0.5) is 35.1 Å².